The molecule has 0 aliphatic heterocycles. The zero-order valence-electron chi connectivity index (χ0n) is 9.03. The summed E-state index contributed by atoms with van der Waals surface area (Å²) in [5.41, 5.74) is 0. The van der Waals surface area contributed by atoms with Crippen LogP contribution in [-0.4, -0.2) is 26.8 Å². The quantitative estimate of drug-likeness (QED) is 0.812. The molecule has 0 spiro atoms. The third-order valence-corrected chi connectivity index (χ3v) is 5.59. The Balaban J connectivity index is 2.36. The smallest absolute Gasteiger partial charge is 0.185 e. The van der Waals surface area contributed by atoms with Gasteiger partial charge in [0.05, 0.1) is 9.64 Å². The van der Waals surface area contributed by atoms with E-state index in [2.05, 4.69) is 5.32 Å². The Bertz CT molecular complexity index is 477. The SMILES string of the molecule is CNCC1(S(=O)(=O)c2ccc(F)cc2)CC1. The molecule has 3 nitrogen and oxygen atoms in total. The van der Waals surface area contributed by atoms with Gasteiger partial charge in [-0.05, 0) is 44.2 Å². The first-order valence-electron chi connectivity index (χ1n) is 5.17. The van der Waals surface area contributed by atoms with Crippen molar-refractivity contribution in [3.8, 4) is 0 Å². The second-order valence-electron chi connectivity index (χ2n) is 4.17. The molecule has 1 saturated carbocycles. The predicted octanol–water partition coefficient (Wildman–Crippen LogP) is 1.35. The van der Waals surface area contributed by atoms with Gasteiger partial charge in [-0.25, -0.2) is 12.8 Å². The van der Waals surface area contributed by atoms with E-state index in [0.717, 1.165) is 0 Å². The highest BCUT2D eigenvalue weighted by Crippen LogP contribution is 2.46. The van der Waals surface area contributed by atoms with Gasteiger partial charge in [0, 0.05) is 6.54 Å². The number of hydrogen-bond acceptors (Lipinski definition) is 3. The van der Waals surface area contributed by atoms with E-state index in [1.54, 1.807) is 7.05 Å². The number of nitrogens with one attached hydrogen (secondary N) is 1. The lowest BCUT2D eigenvalue weighted by atomic mass is 10.3. The Labute approximate surface area is 94.6 Å². The molecule has 0 atom stereocenters. The van der Waals surface area contributed by atoms with E-state index in [0.29, 0.717) is 19.4 Å². The third kappa shape index (κ3) is 1.74. The summed E-state index contributed by atoms with van der Waals surface area (Å²) < 4.78 is 36.6. The van der Waals surface area contributed by atoms with E-state index in [1.807, 2.05) is 0 Å². The molecule has 0 saturated heterocycles. The van der Waals surface area contributed by atoms with Gasteiger partial charge in [0.25, 0.3) is 0 Å². The molecule has 5 heteroatoms. The minimum atomic E-state index is -3.34. The maximum absolute atomic E-state index is 12.7. The summed E-state index contributed by atoms with van der Waals surface area (Å²) >= 11 is 0. The minimum absolute atomic E-state index is 0.210. The zero-order valence-corrected chi connectivity index (χ0v) is 9.85. The first kappa shape index (κ1) is 11.5. The van der Waals surface area contributed by atoms with Crippen molar-refractivity contribution in [1.82, 2.24) is 5.32 Å². The van der Waals surface area contributed by atoms with E-state index in [-0.39, 0.29) is 4.90 Å². The molecule has 1 aliphatic carbocycles. The normalized spacial score (nSPS) is 18.4. The fraction of sp³-hybridized carbons (Fsp3) is 0.455. The Kier molecular flexibility index (Phi) is 2.75. The molecule has 0 unspecified atom stereocenters. The van der Waals surface area contributed by atoms with Gasteiger partial charge in [-0.3, -0.25) is 0 Å². The van der Waals surface area contributed by atoms with E-state index in [9.17, 15) is 12.8 Å². The number of halogens is 1. The van der Waals surface area contributed by atoms with Crippen LogP contribution in [0.5, 0.6) is 0 Å². The molecule has 88 valence electrons. The number of benzene rings is 1. The average Bonchev–Trinajstić information content (AvgIpc) is 3.00. The van der Waals surface area contributed by atoms with E-state index in [1.165, 1.54) is 24.3 Å². The molecule has 1 fully saturated rings. The first-order chi connectivity index (χ1) is 7.52. The van der Waals surface area contributed by atoms with Crippen LogP contribution in [0.15, 0.2) is 29.2 Å². The molecule has 1 N–H and O–H groups in total. The Hall–Kier alpha value is -0.940. The van der Waals surface area contributed by atoms with Gasteiger partial charge < -0.3 is 5.32 Å². The van der Waals surface area contributed by atoms with Gasteiger partial charge >= 0.3 is 0 Å². The van der Waals surface area contributed by atoms with E-state index >= 15 is 0 Å². The molecule has 0 aromatic heterocycles. The average molecular weight is 243 g/mol. The number of hydrogen-bond donors (Lipinski definition) is 1. The summed E-state index contributed by atoms with van der Waals surface area (Å²) in [7, 11) is -1.60. The van der Waals surface area contributed by atoms with Crippen molar-refractivity contribution in [1.29, 1.82) is 0 Å². The van der Waals surface area contributed by atoms with Crippen LogP contribution in [0.3, 0.4) is 0 Å². The molecule has 1 aromatic carbocycles. The fourth-order valence-electron chi connectivity index (χ4n) is 1.87. The Morgan fingerprint density at radius 1 is 1.31 bits per heavy atom. The third-order valence-electron chi connectivity index (χ3n) is 3.00. The molecule has 0 amide bonds. The second-order valence-corrected chi connectivity index (χ2v) is 6.52. The fourth-order valence-corrected chi connectivity index (χ4v) is 3.83. The number of rotatable bonds is 4. The maximum atomic E-state index is 12.7. The van der Waals surface area contributed by atoms with Crippen LogP contribution in [-0.2, 0) is 9.84 Å². The van der Waals surface area contributed by atoms with Gasteiger partial charge in [0.2, 0.25) is 0 Å². The Morgan fingerprint density at radius 2 is 1.88 bits per heavy atom. The van der Waals surface area contributed by atoms with Crippen molar-refractivity contribution in [3.05, 3.63) is 30.1 Å². The van der Waals surface area contributed by atoms with Crippen molar-refractivity contribution in [3.63, 3.8) is 0 Å². The van der Waals surface area contributed by atoms with Crippen molar-refractivity contribution < 1.29 is 12.8 Å². The summed E-state index contributed by atoms with van der Waals surface area (Å²) in [5, 5.41) is 2.90. The first-order valence-corrected chi connectivity index (χ1v) is 6.65. The molecular formula is C11H14FNO2S. The van der Waals surface area contributed by atoms with Crippen LogP contribution in [0.25, 0.3) is 0 Å². The summed E-state index contributed by atoms with van der Waals surface area (Å²) in [4.78, 5) is 0.210. The highest BCUT2D eigenvalue weighted by molar-refractivity contribution is 7.93. The molecular weight excluding hydrogens is 229 g/mol. The van der Waals surface area contributed by atoms with Crippen LogP contribution in [0.2, 0.25) is 0 Å². The topological polar surface area (TPSA) is 46.2 Å². The van der Waals surface area contributed by atoms with Gasteiger partial charge in [-0.15, -0.1) is 0 Å². The van der Waals surface area contributed by atoms with Gasteiger partial charge in [-0.1, -0.05) is 0 Å². The van der Waals surface area contributed by atoms with Gasteiger partial charge in [-0.2, -0.15) is 0 Å². The van der Waals surface area contributed by atoms with Crippen molar-refractivity contribution in [2.45, 2.75) is 22.5 Å². The molecule has 0 heterocycles. The van der Waals surface area contributed by atoms with Crippen LogP contribution in [0.1, 0.15) is 12.8 Å². The maximum Gasteiger partial charge on any atom is 0.185 e. The molecule has 1 aromatic rings. The summed E-state index contributed by atoms with van der Waals surface area (Å²) in [6.45, 7) is 0.451. The van der Waals surface area contributed by atoms with E-state index in [4.69, 9.17) is 0 Å². The minimum Gasteiger partial charge on any atom is -0.318 e. The second kappa shape index (κ2) is 3.82. The lowest BCUT2D eigenvalue weighted by Crippen LogP contribution is -2.33. The van der Waals surface area contributed by atoms with Gasteiger partial charge in [0.15, 0.2) is 9.84 Å². The zero-order chi connectivity index (χ0) is 11.8. The van der Waals surface area contributed by atoms with Crippen molar-refractivity contribution in [2.75, 3.05) is 13.6 Å². The molecule has 2 rings (SSSR count). The van der Waals surface area contributed by atoms with Crippen LogP contribution in [0, 0.1) is 5.82 Å². The van der Waals surface area contributed by atoms with Gasteiger partial charge in [0.1, 0.15) is 5.82 Å². The van der Waals surface area contributed by atoms with Crippen molar-refractivity contribution >= 4 is 9.84 Å². The standard InChI is InChI=1S/C11H14FNO2S/c1-13-8-11(6-7-11)16(14,15)10-4-2-9(12)3-5-10/h2-5,13H,6-8H2,1H3. The van der Waals surface area contributed by atoms with Crippen LogP contribution in [0.4, 0.5) is 4.39 Å². The Morgan fingerprint density at radius 3 is 2.31 bits per heavy atom. The largest absolute Gasteiger partial charge is 0.318 e. The highest BCUT2D eigenvalue weighted by Gasteiger charge is 2.54. The molecule has 0 bridgehead atoms. The lowest BCUT2D eigenvalue weighted by Gasteiger charge is -2.15. The predicted molar refractivity (Wildman–Crippen MR) is 59.5 cm³/mol. The summed E-state index contributed by atoms with van der Waals surface area (Å²) in [6, 6.07) is 5.03. The lowest BCUT2D eigenvalue weighted by molar-refractivity contribution is 0.568. The summed E-state index contributed by atoms with van der Waals surface area (Å²) in [5.74, 6) is -0.419. The van der Waals surface area contributed by atoms with Crippen LogP contribution >= 0.6 is 0 Å². The molecule has 16 heavy (non-hydrogen) atoms. The number of sulfone groups is 1. The molecule has 0 radical (unpaired) electrons. The highest BCUT2D eigenvalue weighted by atomic mass is 32.2. The monoisotopic (exact) mass is 243 g/mol. The summed E-state index contributed by atoms with van der Waals surface area (Å²) in [6.07, 6.45) is 1.35. The molecule has 1 aliphatic rings. The van der Waals surface area contributed by atoms with E-state index < -0.39 is 20.4 Å². The van der Waals surface area contributed by atoms with Crippen molar-refractivity contribution in [2.24, 2.45) is 0 Å². The van der Waals surface area contributed by atoms with Crippen LogP contribution < -0.4 is 5.32 Å².